The standard InChI is InChI=1S/C21H23F2NO3S/c22-17-12-14(16-8-5-10-24-21(16)28-15-6-4-7-15)13-18(23)20(17)27-11-3-1-2-9-19(25)26/h5,8,10,12-13,15H,1-4,6-7,9,11H2,(H,25,26). The number of pyridine rings is 1. The van der Waals surface area contributed by atoms with Crippen LogP contribution in [0.3, 0.4) is 0 Å². The molecule has 1 aromatic heterocycles. The second kappa shape index (κ2) is 9.87. The predicted molar refractivity (Wildman–Crippen MR) is 105 cm³/mol. The van der Waals surface area contributed by atoms with Gasteiger partial charge in [-0.15, -0.1) is 11.8 Å². The summed E-state index contributed by atoms with van der Waals surface area (Å²) in [7, 11) is 0. The van der Waals surface area contributed by atoms with Crippen LogP contribution in [0.1, 0.15) is 44.9 Å². The molecule has 1 aliphatic carbocycles. The van der Waals surface area contributed by atoms with Gasteiger partial charge in [0.25, 0.3) is 0 Å². The molecule has 0 unspecified atom stereocenters. The van der Waals surface area contributed by atoms with Crippen LogP contribution in [0.4, 0.5) is 8.78 Å². The lowest BCUT2D eigenvalue weighted by molar-refractivity contribution is -0.137. The number of carbonyl (C=O) groups is 1. The van der Waals surface area contributed by atoms with Crippen LogP contribution < -0.4 is 4.74 Å². The van der Waals surface area contributed by atoms with Crippen LogP contribution >= 0.6 is 11.8 Å². The summed E-state index contributed by atoms with van der Waals surface area (Å²) in [5, 5.41) is 9.90. The third kappa shape index (κ3) is 5.44. The number of rotatable bonds is 10. The minimum atomic E-state index is -0.848. The Hall–Kier alpha value is -2.15. The molecule has 2 aromatic rings. The summed E-state index contributed by atoms with van der Waals surface area (Å²) in [6.07, 6.45) is 6.97. The van der Waals surface area contributed by atoms with E-state index >= 15 is 0 Å². The van der Waals surface area contributed by atoms with Crippen molar-refractivity contribution in [2.45, 2.75) is 55.2 Å². The van der Waals surface area contributed by atoms with Crippen molar-refractivity contribution in [2.75, 3.05) is 6.61 Å². The smallest absolute Gasteiger partial charge is 0.303 e. The minimum absolute atomic E-state index is 0.0870. The van der Waals surface area contributed by atoms with E-state index < -0.39 is 17.6 Å². The highest BCUT2D eigenvalue weighted by atomic mass is 32.2. The summed E-state index contributed by atoms with van der Waals surface area (Å²) in [6.45, 7) is 0.141. The number of thioether (sulfide) groups is 1. The zero-order chi connectivity index (χ0) is 19.9. The number of hydrogen-bond acceptors (Lipinski definition) is 4. The summed E-state index contributed by atoms with van der Waals surface area (Å²) in [6, 6.07) is 6.15. The number of ether oxygens (including phenoxy) is 1. The van der Waals surface area contributed by atoms with E-state index in [4.69, 9.17) is 9.84 Å². The van der Waals surface area contributed by atoms with E-state index in [1.807, 2.05) is 6.07 Å². The highest BCUT2D eigenvalue weighted by Gasteiger charge is 2.22. The van der Waals surface area contributed by atoms with Gasteiger partial charge in [-0.05, 0) is 55.9 Å². The monoisotopic (exact) mass is 407 g/mol. The van der Waals surface area contributed by atoms with Gasteiger partial charge in [0.15, 0.2) is 17.4 Å². The molecule has 0 saturated heterocycles. The Morgan fingerprint density at radius 2 is 1.96 bits per heavy atom. The van der Waals surface area contributed by atoms with Crippen molar-refractivity contribution < 1.29 is 23.4 Å². The van der Waals surface area contributed by atoms with Crippen LogP contribution in [0.15, 0.2) is 35.5 Å². The van der Waals surface area contributed by atoms with Crippen molar-refractivity contribution >= 4 is 17.7 Å². The van der Waals surface area contributed by atoms with E-state index in [9.17, 15) is 13.6 Å². The Bertz CT molecular complexity index is 804. The van der Waals surface area contributed by atoms with Crippen molar-refractivity contribution in [3.63, 3.8) is 0 Å². The maximum absolute atomic E-state index is 14.5. The summed E-state index contributed by atoms with van der Waals surface area (Å²) >= 11 is 1.66. The highest BCUT2D eigenvalue weighted by Crippen LogP contribution is 2.40. The van der Waals surface area contributed by atoms with Gasteiger partial charge in [-0.25, -0.2) is 13.8 Å². The predicted octanol–water partition coefficient (Wildman–Crippen LogP) is 5.70. The fraction of sp³-hybridized carbons (Fsp3) is 0.429. The van der Waals surface area contributed by atoms with Crippen LogP contribution in [0.25, 0.3) is 11.1 Å². The lowest BCUT2D eigenvalue weighted by atomic mass is 10.00. The molecule has 1 N–H and O–H groups in total. The summed E-state index contributed by atoms with van der Waals surface area (Å²) in [5.74, 6) is -2.73. The largest absolute Gasteiger partial charge is 0.488 e. The normalized spacial score (nSPS) is 13.9. The molecular weight excluding hydrogens is 384 g/mol. The molecule has 1 fully saturated rings. The molecule has 0 radical (unpaired) electrons. The van der Waals surface area contributed by atoms with Gasteiger partial charge < -0.3 is 9.84 Å². The van der Waals surface area contributed by atoms with E-state index in [2.05, 4.69) is 4.98 Å². The molecule has 1 aromatic carbocycles. The van der Waals surface area contributed by atoms with Gasteiger partial charge in [-0.3, -0.25) is 4.79 Å². The maximum atomic E-state index is 14.5. The molecule has 150 valence electrons. The van der Waals surface area contributed by atoms with Crippen LogP contribution in [0.2, 0.25) is 0 Å². The molecule has 0 aliphatic heterocycles. The fourth-order valence-corrected chi connectivity index (χ4v) is 4.25. The SMILES string of the molecule is O=C(O)CCCCCOc1c(F)cc(-c2cccnc2SC2CCC2)cc1F. The van der Waals surface area contributed by atoms with Gasteiger partial charge in [-0.1, -0.05) is 12.5 Å². The van der Waals surface area contributed by atoms with E-state index in [0.717, 1.165) is 23.4 Å². The van der Waals surface area contributed by atoms with Gasteiger partial charge in [0.2, 0.25) is 0 Å². The van der Waals surface area contributed by atoms with Crippen LogP contribution in [-0.2, 0) is 4.79 Å². The Kier molecular flexibility index (Phi) is 7.25. The molecule has 1 aliphatic rings. The number of nitrogens with zero attached hydrogens (tertiary/aromatic N) is 1. The van der Waals surface area contributed by atoms with Crippen molar-refractivity contribution in [3.8, 4) is 16.9 Å². The molecule has 7 heteroatoms. The zero-order valence-electron chi connectivity index (χ0n) is 15.5. The topological polar surface area (TPSA) is 59.4 Å². The first-order valence-electron chi connectivity index (χ1n) is 9.50. The number of halogens is 2. The second-order valence-electron chi connectivity index (χ2n) is 6.85. The van der Waals surface area contributed by atoms with Gasteiger partial charge >= 0.3 is 5.97 Å². The number of unbranched alkanes of at least 4 members (excludes halogenated alkanes) is 2. The van der Waals surface area contributed by atoms with Crippen LogP contribution in [0.5, 0.6) is 5.75 Å². The Labute approximate surface area is 167 Å². The minimum Gasteiger partial charge on any atom is -0.488 e. The average molecular weight is 407 g/mol. The maximum Gasteiger partial charge on any atom is 0.303 e. The van der Waals surface area contributed by atoms with Crippen LogP contribution in [0, 0.1) is 11.6 Å². The molecule has 3 rings (SSSR count). The van der Waals surface area contributed by atoms with Crippen LogP contribution in [-0.4, -0.2) is 27.9 Å². The Morgan fingerprint density at radius 1 is 1.21 bits per heavy atom. The van der Waals surface area contributed by atoms with Crippen molar-refractivity contribution in [1.82, 2.24) is 4.98 Å². The number of benzene rings is 1. The average Bonchev–Trinajstić information content (AvgIpc) is 2.62. The Balaban J connectivity index is 1.66. The molecule has 1 saturated carbocycles. The van der Waals surface area contributed by atoms with Crippen molar-refractivity contribution in [3.05, 3.63) is 42.1 Å². The van der Waals surface area contributed by atoms with E-state index in [0.29, 0.717) is 30.1 Å². The third-order valence-corrected chi connectivity index (χ3v) is 6.05. The molecule has 0 atom stereocenters. The van der Waals surface area contributed by atoms with Crippen molar-refractivity contribution in [1.29, 1.82) is 0 Å². The fourth-order valence-electron chi connectivity index (χ4n) is 2.93. The number of carboxylic acid groups (broad SMARTS) is 1. The molecule has 0 spiro atoms. The lowest BCUT2D eigenvalue weighted by Crippen LogP contribution is -2.13. The molecule has 4 nitrogen and oxygen atoms in total. The number of hydrogen-bond donors (Lipinski definition) is 1. The van der Waals surface area contributed by atoms with Gasteiger partial charge in [0.05, 0.1) is 6.61 Å². The first-order chi connectivity index (χ1) is 13.5. The third-order valence-electron chi connectivity index (χ3n) is 4.69. The van der Waals surface area contributed by atoms with E-state index in [1.165, 1.54) is 18.6 Å². The van der Waals surface area contributed by atoms with E-state index in [1.54, 1.807) is 24.0 Å². The Morgan fingerprint density at radius 3 is 2.61 bits per heavy atom. The summed E-state index contributed by atoms with van der Waals surface area (Å²) in [5.41, 5.74) is 1.16. The number of aromatic nitrogens is 1. The van der Waals surface area contributed by atoms with Gasteiger partial charge in [0.1, 0.15) is 5.03 Å². The molecule has 28 heavy (non-hydrogen) atoms. The summed E-state index contributed by atoms with van der Waals surface area (Å²) < 4.78 is 34.2. The van der Waals surface area contributed by atoms with E-state index in [-0.39, 0.29) is 18.8 Å². The molecular formula is C21H23F2NO3S. The van der Waals surface area contributed by atoms with Gasteiger partial charge in [0, 0.05) is 23.4 Å². The first-order valence-corrected chi connectivity index (χ1v) is 10.4. The summed E-state index contributed by atoms with van der Waals surface area (Å²) in [4.78, 5) is 14.9. The second-order valence-corrected chi connectivity index (χ2v) is 8.14. The van der Waals surface area contributed by atoms with Crippen molar-refractivity contribution in [2.24, 2.45) is 0 Å². The zero-order valence-corrected chi connectivity index (χ0v) is 16.3. The van der Waals surface area contributed by atoms with Gasteiger partial charge in [-0.2, -0.15) is 0 Å². The first kappa shape index (κ1) is 20.6. The quantitative estimate of drug-likeness (QED) is 0.512. The number of aliphatic carboxylic acids is 1. The highest BCUT2D eigenvalue weighted by molar-refractivity contribution is 8.00. The molecule has 0 bridgehead atoms. The number of carboxylic acids is 1. The molecule has 1 heterocycles. The lowest BCUT2D eigenvalue weighted by Gasteiger charge is -2.25. The molecule has 0 amide bonds.